The summed E-state index contributed by atoms with van der Waals surface area (Å²) in [6.07, 6.45) is 3.12. The van der Waals surface area contributed by atoms with Crippen molar-refractivity contribution in [2.45, 2.75) is 19.4 Å². The van der Waals surface area contributed by atoms with Crippen molar-refractivity contribution in [2.24, 2.45) is 0 Å². The van der Waals surface area contributed by atoms with Crippen molar-refractivity contribution >= 4 is 16.8 Å². The summed E-state index contributed by atoms with van der Waals surface area (Å²) in [4.78, 5) is 11.8. The third-order valence-electron chi connectivity index (χ3n) is 4.00. The van der Waals surface area contributed by atoms with E-state index >= 15 is 0 Å². The van der Waals surface area contributed by atoms with Crippen LogP contribution in [-0.2, 0) is 11.3 Å². The number of benzene rings is 2. The Kier molecular flexibility index (Phi) is 5.67. The highest BCUT2D eigenvalue weighted by atomic mass is 19.1. The maximum atomic E-state index is 13.4. The van der Waals surface area contributed by atoms with Crippen molar-refractivity contribution in [3.05, 3.63) is 66.6 Å². The Morgan fingerprint density at radius 1 is 1.08 bits per heavy atom. The van der Waals surface area contributed by atoms with Gasteiger partial charge in [0.15, 0.2) is 11.6 Å². The third-order valence-corrected chi connectivity index (χ3v) is 4.00. The fourth-order valence-corrected chi connectivity index (χ4v) is 2.72. The highest BCUT2D eigenvalue weighted by Crippen LogP contribution is 2.16. The zero-order valence-corrected chi connectivity index (χ0v) is 14.0. The molecule has 3 rings (SSSR count). The standard InChI is InChI=1S/C20H21FN2O2/c21-17-7-2-4-9-19(17)25-15-11-20(24)22-12-5-13-23-14-10-16-6-1-3-8-18(16)23/h1-4,6-10,14H,5,11-13,15H2,(H,22,24). The van der Waals surface area contributed by atoms with E-state index in [0.29, 0.717) is 6.54 Å². The zero-order valence-electron chi connectivity index (χ0n) is 14.0. The number of aryl methyl sites for hydroxylation is 1. The fraction of sp³-hybridized carbons (Fsp3) is 0.250. The second-order valence-corrected chi connectivity index (χ2v) is 5.80. The van der Waals surface area contributed by atoms with E-state index in [-0.39, 0.29) is 24.7 Å². The highest BCUT2D eigenvalue weighted by molar-refractivity contribution is 5.79. The summed E-state index contributed by atoms with van der Waals surface area (Å²) in [6, 6.07) is 16.5. The van der Waals surface area contributed by atoms with Gasteiger partial charge in [-0.2, -0.15) is 0 Å². The van der Waals surface area contributed by atoms with E-state index in [9.17, 15) is 9.18 Å². The van der Waals surface area contributed by atoms with Gasteiger partial charge in [-0.15, -0.1) is 0 Å². The van der Waals surface area contributed by atoms with E-state index in [4.69, 9.17) is 4.74 Å². The predicted octanol–water partition coefficient (Wildman–Crippen LogP) is 3.76. The van der Waals surface area contributed by atoms with Crippen LogP contribution in [0.4, 0.5) is 4.39 Å². The topological polar surface area (TPSA) is 43.3 Å². The molecule has 25 heavy (non-hydrogen) atoms. The molecule has 0 fully saturated rings. The fourth-order valence-electron chi connectivity index (χ4n) is 2.72. The summed E-state index contributed by atoms with van der Waals surface area (Å²) in [6.45, 7) is 1.61. The Labute approximate surface area is 146 Å². The molecule has 0 aliphatic carbocycles. The molecule has 130 valence electrons. The van der Waals surface area contributed by atoms with Gasteiger partial charge in [-0.05, 0) is 36.1 Å². The smallest absolute Gasteiger partial charge is 0.223 e. The van der Waals surface area contributed by atoms with Gasteiger partial charge in [0.2, 0.25) is 5.91 Å². The second kappa shape index (κ2) is 8.33. The average molecular weight is 340 g/mol. The number of rotatable bonds is 8. The van der Waals surface area contributed by atoms with Gasteiger partial charge < -0.3 is 14.6 Å². The van der Waals surface area contributed by atoms with Crippen LogP contribution in [0.2, 0.25) is 0 Å². The minimum absolute atomic E-state index is 0.0892. The van der Waals surface area contributed by atoms with E-state index < -0.39 is 5.82 Å². The van der Waals surface area contributed by atoms with E-state index in [1.807, 2.05) is 12.1 Å². The van der Waals surface area contributed by atoms with Crippen LogP contribution in [0.25, 0.3) is 10.9 Å². The van der Waals surface area contributed by atoms with E-state index in [1.165, 1.54) is 17.0 Å². The SMILES string of the molecule is O=C(CCOc1ccccc1F)NCCCn1ccc2ccccc21. The Balaban J connectivity index is 1.35. The van der Waals surface area contributed by atoms with Crippen molar-refractivity contribution in [3.8, 4) is 5.75 Å². The van der Waals surface area contributed by atoms with Crippen molar-refractivity contribution in [2.75, 3.05) is 13.2 Å². The van der Waals surface area contributed by atoms with Crippen LogP contribution in [0.1, 0.15) is 12.8 Å². The van der Waals surface area contributed by atoms with E-state index in [2.05, 4.69) is 34.3 Å². The summed E-state index contributed by atoms with van der Waals surface area (Å²) in [5.74, 6) is -0.328. The average Bonchev–Trinajstić information content (AvgIpc) is 3.04. The molecule has 5 heteroatoms. The quantitative estimate of drug-likeness (QED) is 0.635. The van der Waals surface area contributed by atoms with Crippen molar-refractivity contribution in [1.29, 1.82) is 0 Å². The van der Waals surface area contributed by atoms with Gasteiger partial charge >= 0.3 is 0 Å². The Hall–Kier alpha value is -2.82. The molecule has 0 spiro atoms. The van der Waals surface area contributed by atoms with Crippen LogP contribution in [-0.4, -0.2) is 23.6 Å². The number of carbonyl (C=O) groups is 1. The Morgan fingerprint density at radius 3 is 2.76 bits per heavy atom. The molecule has 4 nitrogen and oxygen atoms in total. The molecule has 0 saturated heterocycles. The molecule has 0 bridgehead atoms. The van der Waals surface area contributed by atoms with Crippen LogP contribution in [0.15, 0.2) is 60.8 Å². The Bertz CT molecular complexity index is 844. The van der Waals surface area contributed by atoms with Gasteiger partial charge in [0.1, 0.15) is 0 Å². The lowest BCUT2D eigenvalue weighted by molar-refractivity contribution is -0.121. The van der Waals surface area contributed by atoms with E-state index in [1.54, 1.807) is 18.2 Å². The maximum absolute atomic E-state index is 13.4. The molecule has 0 aliphatic heterocycles. The number of fused-ring (bicyclic) bond motifs is 1. The first kappa shape index (κ1) is 17.0. The Morgan fingerprint density at radius 2 is 1.88 bits per heavy atom. The number of nitrogens with one attached hydrogen (secondary N) is 1. The van der Waals surface area contributed by atoms with Gasteiger partial charge in [0, 0.05) is 24.8 Å². The van der Waals surface area contributed by atoms with Crippen LogP contribution in [0.3, 0.4) is 0 Å². The third kappa shape index (κ3) is 4.59. The lowest BCUT2D eigenvalue weighted by Crippen LogP contribution is -2.26. The maximum Gasteiger partial charge on any atom is 0.223 e. The summed E-state index contributed by atoms with van der Waals surface area (Å²) < 4.78 is 20.8. The molecule has 0 atom stereocenters. The summed E-state index contributed by atoms with van der Waals surface area (Å²) in [5, 5.41) is 4.09. The number of para-hydroxylation sites is 2. The lowest BCUT2D eigenvalue weighted by Gasteiger charge is -2.09. The molecule has 1 amide bonds. The normalized spacial score (nSPS) is 10.8. The summed E-state index contributed by atoms with van der Waals surface area (Å²) >= 11 is 0. The van der Waals surface area contributed by atoms with Crippen LogP contribution < -0.4 is 10.1 Å². The number of ether oxygens (including phenoxy) is 1. The van der Waals surface area contributed by atoms with Gasteiger partial charge in [0.25, 0.3) is 0 Å². The molecule has 1 aromatic heterocycles. The van der Waals surface area contributed by atoms with Gasteiger partial charge in [-0.3, -0.25) is 4.79 Å². The van der Waals surface area contributed by atoms with E-state index in [0.717, 1.165) is 13.0 Å². The molecule has 0 radical (unpaired) electrons. The number of aromatic nitrogens is 1. The number of nitrogens with zero attached hydrogens (tertiary/aromatic N) is 1. The molecule has 1 N–H and O–H groups in total. The van der Waals surface area contributed by atoms with Crippen LogP contribution >= 0.6 is 0 Å². The highest BCUT2D eigenvalue weighted by Gasteiger charge is 2.05. The van der Waals surface area contributed by atoms with Crippen molar-refractivity contribution in [1.82, 2.24) is 9.88 Å². The van der Waals surface area contributed by atoms with Crippen molar-refractivity contribution in [3.63, 3.8) is 0 Å². The van der Waals surface area contributed by atoms with Gasteiger partial charge in [0.05, 0.1) is 13.0 Å². The number of carbonyl (C=O) groups excluding carboxylic acids is 1. The molecule has 0 unspecified atom stereocenters. The molecule has 0 saturated carbocycles. The summed E-state index contributed by atoms with van der Waals surface area (Å²) in [5.41, 5.74) is 1.20. The zero-order chi connectivity index (χ0) is 17.5. The van der Waals surface area contributed by atoms with Gasteiger partial charge in [-0.25, -0.2) is 4.39 Å². The first-order valence-electron chi connectivity index (χ1n) is 8.42. The monoisotopic (exact) mass is 340 g/mol. The minimum Gasteiger partial charge on any atom is -0.490 e. The second-order valence-electron chi connectivity index (χ2n) is 5.80. The largest absolute Gasteiger partial charge is 0.490 e. The number of amides is 1. The van der Waals surface area contributed by atoms with Gasteiger partial charge in [-0.1, -0.05) is 30.3 Å². The first-order chi connectivity index (χ1) is 12.2. The molecule has 1 heterocycles. The van der Waals surface area contributed by atoms with Crippen LogP contribution in [0.5, 0.6) is 5.75 Å². The van der Waals surface area contributed by atoms with Crippen molar-refractivity contribution < 1.29 is 13.9 Å². The lowest BCUT2D eigenvalue weighted by atomic mass is 10.2. The number of hydrogen-bond acceptors (Lipinski definition) is 2. The molecule has 0 aliphatic rings. The predicted molar refractivity (Wildman–Crippen MR) is 96.1 cm³/mol. The molecule has 3 aromatic rings. The van der Waals surface area contributed by atoms with Crippen LogP contribution in [0, 0.1) is 5.82 Å². The number of hydrogen-bond donors (Lipinski definition) is 1. The molecular formula is C20H21FN2O2. The molecular weight excluding hydrogens is 319 g/mol. The summed E-state index contributed by atoms with van der Waals surface area (Å²) in [7, 11) is 0. The minimum atomic E-state index is -0.415. The molecule has 2 aromatic carbocycles. The number of halogens is 1. The first-order valence-corrected chi connectivity index (χ1v) is 8.42.